The zero-order valence-electron chi connectivity index (χ0n) is 10.1. The van der Waals surface area contributed by atoms with Crippen LogP contribution in [0.25, 0.3) is 0 Å². The van der Waals surface area contributed by atoms with Crippen molar-refractivity contribution in [3.63, 3.8) is 0 Å². The van der Waals surface area contributed by atoms with Gasteiger partial charge in [-0.3, -0.25) is 0 Å². The molecule has 1 aliphatic rings. The number of nitrogens with two attached hydrogens (primary N) is 1. The number of rotatable bonds is 3. The van der Waals surface area contributed by atoms with Crippen molar-refractivity contribution < 1.29 is 8.42 Å². The zero-order chi connectivity index (χ0) is 13.2. The lowest BCUT2D eigenvalue weighted by Gasteiger charge is -2.30. The minimum absolute atomic E-state index is 0.210. The van der Waals surface area contributed by atoms with Crippen LogP contribution in [0, 0.1) is 0 Å². The number of halogens is 1. The van der Waals surface area contributed by atoms with Gasteiger partial charge >= 0.3 is 0 Å². The standard InChI is InChI=1S/C12H17ClN2O2S/c13-11-2-1-10(3-4-14)12(9-11)15-5-7-18(16,17)8-6-15/h1-2,9H,3-8,14H2. The molecular formula is C12H17ClN2O2S. The third-order valence-corrected chi connectivity index (χ3v) is 4.99. The summed E-state index contributed by atoms with van der Waals surface area (Å²) in [5, 5.41) is 0.666. The lowest BCUT2D eigenvalue weighted by Crippen LogP contribution is -2.40. The van der Waals surface area contributed by atoms with Gasteiger partial charge in [0.25, 0.3) is 0 Å². The average molecular weight is 289 g/mol. The van der Waals surface area contributed by atoms with Crippen LogP contribution in [0.2, 0.25) is 5.02 Å². The van der Waals surface area contributed by atoms with Crippen molar-refractivity contribution in [2.75, 3.05) is 36.0 Å². The van der Waals surface area contributed by atoms with Crippen LogP contribution in [-0.4, -0.2) is 39.6 Å². The molecule has 0 radical (unpaired) electrons. The number of nitrogens with zero attached hydrogens (tertiary/aromatic N) is 1. The second-order valence-electron chi connectivity index (χ2n) is 4.45. The van der Waals surface area contributed by atoms with E-state index in [0.717, 1.165) is 17.7 Å². The van der Waals surface area contributed by atoms with E-state index in [4.69, 9.17) is 17.3 Å². The molecule has 0 spiro atoms. The molecule has 4 nitrogen and oxygen atoms in total. The maximum atomic E-state index is 11.4. The van der Waals surface area contributed by atoms with Crippen LogP contribution in [0.1, 0.15) is 5.56 Å². The summed E-state index contributed by atoms with van der Waals surface area (Å²) in [5.41, 5.74) is 7.74. The molecular weight excluding hydrogens is 272 g/mol. The Morgan fingerprint density at radius 3 is 2.56 bits per heavy atom. The van der Waals surface area contributed by atoms with E-state index in [9.17, 15) is 8.42 Å². The minimum Gasteiger partial charge on any atom is -0.369 e. The topological polar surface area (TPSA) is 63.4 Å². The quantitative estimate of drug-likeness (QED) is 0.904. The first-order valence-electron chi connectivity index (χ1n) is 5.96. The molecule has 1 aromatic carbocycles. The van der Waals surface area contributed by atoms with Gasteiger partial charge in [-0.05, 0) is 30.7 Å². The number of sulfone groups is 1. The van der Waals surface area contributed by atoms with Gasteiger partial charge in [0, 0.05) is 23.8 Å². The fourth-order valence-electron chi connectivity index (χ4n) is 2.15. The molecule has 0 aliphatic carbocycles. The van der Waals surface area contributed by atoms with Crippen molar-refractivity contribution in [3.8, 4) is 0 Å². The van der Waals surface area contributed by atoms with Crippen LogP contribution in [-0.2, 0) is 16.3 Å². The van der Waals surface area contributed by atoms with Gasteiger partial charge in [0.05, 0.1) is 11.5 Å². The molecule has 100 valence electrons. The van der Waals surface area contributed by atoms with E-state index < -0.39 is 9.84 Å². The highest BCUT2D eigenvalue weighted by Crippen LogP contribution is 2.26. The van der Waals surface area contributed by atoms with E-state index in [1.165, 1.54) is 0 Å². The van der Waals surface area contributed by atoms with E-state index in [1.54, 1.807) is 0 Å². The predicted molar refractivity (Wildman–Crippen MR) is 75.1 cm³/mol. The molecule has 1 aromatic rings. The lowest BCUT2D eigenvalue weighted by molar-refractivity contribution is 0.586. The van der Waals surface area contributed by atoms with Crippen LogP contribution in [0.3, 0.4) is 0 Å². The van der Waals surface area contributed by atoms with Gasteiger partial charge in [0.1, 0.15) is 0 Å². The number of hydrogen-bond acceptors (Lipinski definition) is 4. The molecule has 0 aromatic heterocycles. The van der Waals surface area contributed by atoms with E-state index in [0.29, 0.717) is 24.7 Å². The predicted octanol–water partition coefficient (Wildman–Crippen LogP) is 1.08. The molecule has 0 atom stereocenters. The summed E-state index contributed by atoms with van der Waals surface area (Å²) < 4.78 is 22.9. The summed E-state index contributed by atoms with van der Waals surface area (Å²) in [4.78, 5) is 2.08. The second kappa shape index (κ2) is 5.47. The van der Waals surface area contributed by atoms with Gasteiger partial charge in [-0.15, -0.1) is 0 Å². The maximum absolute atomic E-state index is 11.4. The highest BCUT2D eigenvalue weighted by atomic mass is 35.5. The summed E-state index contributed by atoms with van der Waals surface area (Å²) in [5.74, 6) is 0.420. The van der Waals surface area contributed by atoms with E-state index >= 15 is 0 Å². The van der Waals surface area contributed by atoms with Gasteiger partial charge in [-0.1, -0.05) is 17.7 Å². The molecule has 2 N–H and O–H groups in total. The van der Waals surface area contributed by atoms with Gasteiger partial charge in [-0.2, -0.15) is 0 Å². The Bertz CT molecular complexity index is 517. The minimum atomic E-state index is -2.86. The summed E-state index contributed by atoms with van der Waals surface area (Å²) in [7, 11) is -2.86. The largest absolute Gasteiger partial charge is 0.369 e. The Balaban J connectivity index is 2.24. The molecule has 1 heterocycles. The Morgan fingerprint density at radius 2 is 1.94 bits per heavy atom. The zero-order valence-corrected chi connectivity index (χ0v) is 11.7. The highest BCUT2D eigenvalue weighted by Gasteiger charge is 2.23. The smallest absolute Gasteiger partial charge is 0.153 e. The summed E-state index contributed by atoms with van der Waals surface area (Å²) >= 11 is 6.02. The molecule has 0 bridgehead atoms. The van der Waals surface area contributed by atoms with Gasteiger partial charge < -0.3 is 10.6 Å². The van der Waals surface area contributed by atoms with E-state index in [1.807, 2.05) is 18.2 Å². The molecule has 1 saturated heterocycles. The van der Waals surface area contributed by atoms with E-state index in [2.05, 4.69) is 4.90 Å². The Kier molecular flexibility index (Phi) is 4.14. The van der Waals surface area contributed by atoms with Crippen molar-refractivity contribution in [2.45, 2.75) is 6.42 Å². The van der Waals surface area contributed by atoms with Crippen molar-refractivity contribution in [1.29, 1.82) is 0 Å². The van der Waals surface area contributed by atoms with Crippen LogP contribution < -0.4 is 10.6 Å². The highest BCUT2D eigenvalue weighted by molar-refractivity contribution is 7.91. The molecule has 18 heavy (non-hydrogen) atoms. The third-order valence-electron chi connectivity index (χ3n) is 3.15. The molecule has 1 aliphatic heterocycles. The maximum Gasteiger partial charge on any atom is 0.153 e. The first-order chi connectivity index (χ1) is 8.52. The monoisotopic (exact) mass is 288 g/mol. The molecule has 0 amide bonds. The Labute approximate surface area is 113 Å². The normalized spacial score (nSPS) is 18.9. The van der Waals surface area contributed by atoms with Crippen LogP contribution in [0.4, 0.5) is 5.69 Å². The SMILES string of the molecule is NCCc1ccc(Cl)cc1N1CCS(=O)(=O)CC1. The van der Waals surface area contributed by atoms with Gasteiger partial charge in [0.2, 0.25) is 0 Å². The van der Waals surface area contributed by atoms with Crippen molar-refractivity contribution in [3.05, 3.63) is 28.8 Å². The first-order valence-corrected chi connectivity index (χ1v) is 8.15. The fraction of sp³-hybridized carbons (Fsp3) is 0.500. The van der Waals surface area contributed by atoms with Crippen molar-refractivity contribution >= 4 is 27.1 Å². The Hall–Kier alpha value is -0.780. The second-order valence-corrected chi connectivity index (χ2v) is 7.19. The van der Waals surface area contributed by atoms with Crippen LogP contribution in [0.5, 0.6) is 0 Å². The van der Waals surface area contributed by atoms with Crippen molar-refractivity contribution in [1.82, 2.24) is 0 Å². The van der Waals surface area contributed by atoms with Crippen LogP contribution in [0.15, 0.2) is 18.2 Å². The van der Waals surface area contributed by atoms with E-state index in [-0.39, 0.29) is 11.5 Å². The molecule has 0 saturated carbocycles. The summed E-state index contributed by atoms with van der Waals surface area (Å²) in [6, 6.07) is 5.70. The first kappa shape index (κ1) is 13.6. The lowest BCUT2D eigenvalue weighted by atomic mass is 10.1. The molecule has 1 fully saturated rings. The molecule has 6 heteroatoms. The van der Waals surface area contributed by atoms with Gasteiger partial charge in [-0.25, -0.2) is 8.42 Å². The number of benzene rings is 1. The average Bonchev–Trinajstić information content (AvgIpc) is 2.32. The third kappa shape index (κ3) is 3.16. The molecule has 0 unspecified atom stereocenters. The Morgan fingerprint density at radius 1 is 1.28 bits per heavy atom. The number of anilines is 1. The summed E-state index contributed by atoms with van der Waals surface area (Å²) in [6.07, 6.45) is 0.774. The fourth-order valence-corrected chi connectivity index (χ4v) is 3.52. The number of hydrogen-bond donors (Lipinski definition) is 1. The molecule has 2 rings (SSSR count). The van der Waals surface area contributed by atoms with Crippen molar-refractivity contribution in [2.24, 2.45) is 5.73 Å². The van der Waals surface area contributed by atoms with Crippen LogP contribution >= 0.6 is 11.6 Å². The summed E-state index contributed by atoms with van der Waals surface area (Å²) in [6.45, 7) is 1.63. The van der Waals surface area contributed by atoms with Gasteiger partial charge in [0.15, 0.2) is 9.84 Å².